The second-order valence-electron chi connectivity index (χ2n) is 7.15. The van der Waals surface area contributed by atoms with Gasteiger partial charge in [-0.15, -0.1) is 0 Å². The smallest absolute Gasteiger partial charge is 0.389 e. The largest absolute Gasteiger partial charge is 0.460 e. The zero-order valence-electron chi connectivity index (χ0n) is 14.2. The first-order valence-corrected chi connectivity index (χ1v) is 7.69. The van der Waals surface area contributed by atoms with Gasteiger partial charge in [-0.2, -0.15) is 4.68 Å². The second-order valence-corrected chi connectivity index (χ2v) is 7.15. The molecule has 1 aliphatic rings. The van der Waals surface area contributed by atoms with Crippen LogP contribution in [-0.4, -0.2) is 50.8 Å². The monoisotopic (exact) mass is 324 g/mol. The van der Waals surface area contributed by atoms with E-state index in [1.807, 2.05) is 34.7 Å². The highest BCUT2D eigenvalue weighted by atomic mass is 16.6. The third kappa shape index (κ3) is 4.07. The lowest BCUT2D eigenvalue weighted by Crippen LogP contribution is -2.37. The summed E-state index contributed by atoms with van der Waals surface area (Å²) >= 11 is 0. The Balaban J connectivity index is 2.14. The SMILES string of the molecule is CC1C(C(=O)OC(C)(C)C)C(Cn2ccc([N+](=O)[O-])n2)CN1C. The molecule has 0 bridgehead atoms. The van der Waals surface area contributed by atoms with E-state index in [2.05, 4.69) is 10.00 Å². The van der Waals surface area contributed by atoms with E-state index in [1.165, 1.54) is 10.7 Å². The van der Waals surface area contributed by atoms with Gasteiger partial charge in [0.1, 0.15) is 5.60 Å². The third-order valence-electron chi connectivity index (χ3n) is 4.16. The fourth-order valence-electron chi connectivity index (χ4n) is 3.04. The van der Waals surface area contributed by atoms with Gasteiger partial charge in [0.05, 0.1) is 29.8 Å². The summed E-state index contributed by atoms with van der Waals surface area (Å²) in [6.07, 6.45) is 1.58. The molecule has 2 rings (SSSR count). The van der Waals surface area contributed by atoms with Gasteiger partial charge in [-0.1, -0.05) is 0 Å². The Morgan fingerprint density at radius 1 is 1.52 bits per heavy atom. The van der Waals surface area contributed by atoms with Crippen molar-refractivity contribution >= 4 is 11.8 Å². The number of likely N-dealkylation sites (tertiary alicyclic amines) is 1. The van der Waals surface area contributed by atoms with Gasteiger partial charge >= 0.3 is 11.8 Å². The lowest BCUT2D eigenvalue weighted by Gasteiger charge is -2.26. The number of hydrogen-bond acceptors (Lipinski definition) is 6. The Morgan fingerprint density at radius 3 is 2.70 bits per heavy atom. The lowest BCUT2D eigenvalue weighted by atomic mass is 9.91. The first-order chi connectivity index (χ1) is 10.6. The van der Waals surface area contributed by atoms with E-state index in [-0.39, 0.29) is 29.7 Å². The number of nitro groups is 1. The van der Waals surface area contributed by atoms with Gasteiger partial charge < -0.3 is 19.8 Å². The van der Waals surface area contributed by atoms with Crippen LogP contribution in [0.1, 0.15) is 27.7 Å². The quantitative estimate of drug-likeness (QED) is 0.476. The Bertz CT molecular complexity index is 593. The van der Waals surface area contributed by atoms with E-state index in [0.717, 1.165) is 6.54 Å². The van der Waals surface area contributed by atoms with E-state index in [1.54, 1.807) is 6.20 Å². The van der Waals surface area contributed by atoms with Crippen molar-refractivity contribution in [2.75, 3.05) is 13.6 Å². The summed E-state index contributed by atoms with van der Waals surface area (Å²) in [5.74, 6) is -0.675. The van der Waals surface area contributed by atoms with Gasteiger partial charge in [0.15, 0.2) is 0 Å². The second kappa shape index (κ2) is 6.27. The predicted octanol–water partition coefficient (Wildman–Crippen LogP) is 1.70. The number of carbonyl (C=O) groups is 1. The van der Waals surface area contributed by atoms with Crippen LogP contribution < -0.4 is 0 Å². The Morgan fingerprint density at radius 2 is 2.17 bits per heavy atom. The fourth-order valence-corrected chi connectivity index (χ4v) is 3.04. The first kappa shape index (κ1) is 17.4. The molecule has 2 heterocycles. The standard InChI is InChI=1S/C15H24N4O4/c1-10-13(14(20)23-15(2,3)4)11(8-17(10)5)9-18-7-6-12(16-18)19(21)22/h6-7,10-11,13H,8-9H2,1-5H3. The molecular formula is C15H24N4O4. The Hall–Kier alpha value is -1.96. The molecular weight excluding hydrogens is 300 g/mol. The van der Waals surface area contributed by atoms with Crippen LogP contribution in [0.2, 0.25) is 0 Å². The van der Waals surface area contributed by atoms with Gasteiger partial charge in [-0.05, 0) is 39.7 Å². The Kier molecular flexibility index (Phi) is 4.74. The van der Waals surface area contributed by atoms with Crippen LogP contribution in [-0.2, 0) is 16.1 Å². The van der Waals surface area contributed by atoms with Gasteiger partial charge in [0.25, 0.3) is 0 Å². The van der Waals surface area contributed by atoms with E-state index in [9.17, 15) is 14.9 Å². The minimum Gasteiger partial charge on any atom is -0.460 e. The maximum atomic E-state index is 12.5. The average molecular weight is 324 g/mol. The normalized spacial score (nSPS) is 25.5. The molecule has 23 heavy (non-hydrogen) atoms. The fraction of sp³-hybridized carbons (Fsp3) is 0.733. The van der Waals surface area contributed by atoms with Crippen molar-refractivity contribution in [3.63, 3.8) is 0 Å². The molecule has 1 fully saturated rings. The molecule has 0 aliphatic carbocycles. The lowest BCUT2D eigenvalue weighted by molar-refractivity contribution is -0.389. The summed E-state index contributed by atoms with van der Waals surface area (Å²) < 4.78 is 7.08. The highest BCUT2D eigenvalue weighted by molar-refractivity contribution is 5.74. The number of aromatic nitrogens is 2. The molecule has 0 aromatic carbocycles. The molecule has 3 atom stereocenters. The zero-order chi connectivity index (χ0) is 17.4. The molecule has 0 saturated carbocycles. The number of nitrogens with zero attached hydrogens (tertiary/aromatic N) is 4. The van der Waals surface area contributed by atoms with Crippen molar-refractivity contribution in [2.45, 2.75) is 45.9 Å². The van der Waals surface area contributed by atoms with Crippen LogP contribution in [0.3, 0.4) is 0 Å². The number of esters is 1. The molecule has 8 nitrogen and oxygen atoms in total. The summed E-state index contributed by atoms with van der Waals surface area (Å²) in [6.45, 7) is 8.71. The van der Waals surface area contributed by atoms with Crippen LogP contribution in [0.25, 0.3) is 0 Å². The summed E-state index contributed by atoms with van der Waals surface area (Å²) in [7, 11) is 1.97. The van der Waals surface area contributed by atoms with Crippen LogP contribution >= 0.6 is 0 Å². The number of hydrogen-bond donors (Lipinski definition) is 0. The maximum absolute atomic E-state index is 12.5. The summed E-state index contributed by atoms with van der Waals surface area (Å²) in [5, 5.41) is 14.7. The minimum absolute atomic E-state index is 0.00403. The van der Waals surface area contributed by atoms with E-state index >= 15 is 0 Å². The molecule has 1 aliphatic heterocycles. The molecule has 8 heteroatoms. The molecule has 0 amide bonds. The number of ether oxygens (including phenoxy) is 1. The number of carbonyl (C=O) groups excluding carboxylic acids is 1. The highest BCUT2D eigenvalue weighted by Gasteiger charge is 2.44. The molecule has 1 aromatic heterocycles. The minimum atomic E-state index is -0.535. The molecule has 1 saturated heterocycles. The molecule has 128 valence electrons. The zero-order valence-corrected chi connectivity index (χ0v) is 14.2. The molecule has 3 unspecified atom stereocenters. The maximum Gasteiger partial charge on any atom is 0.389 e. The summed E-state index contributed by atoms with van der Waals surface area (Å²) in [6, 6.07) is 1.42. The molecule has 1 aromatic rings. The summed E-state index contributed by atoms with van der Waals surface area (Å²) in [4.78, 5) is 24.9. The van der Waals surface area contributed by atoms with Crippen molar-refractivity contribution in [1.82, 2.24) is 14.7 Å². The highest BCUT2D eigenvalue weighted by Crippen LogP contribution is 2.32. The average Bonchev–Trinajstić information content (AvgIpc) is 2.94. The van der Waals surface area contributed by atoms with Gasteiger partial charge in [0.2, 0.25) is 0 Å². The van der Waals surface area contributed by atoms with E-state index < -0.39 is 10.5 Å². The van der Waals surface area contributed by atoms with Crippen LogP contribution in [0.4, 0.5) is 5.82 Å². The van der Waals surface area contributed by atoms with Crippen LogP contribution in [0, 0.1) is 22.0 Å². The molecule has 0 spiro atoms. The van der Waals surface area contributed by atoms with Crippen molar-refractivity contribution in [1.29, 1.82) is 0 Å². The van der Waals surface area contributed by atoms with Crippen molar-refractivity contribution < 1.29 is 14.5 Å². The first-order valence-electron chi connectivity index (χ1n) is 7.69. The summed E-state index contributed by atoms with van der Waals surface area (Å²) in [5.41, 5.74) is -0.535. The van der Waals surface area contributed by atoms with Crippen LogP contribution in [0.5, 0.6) is 0 Å². The molecule has 0 N–H and O–H groups in total. The topological polar surface area (TPSA) is 90.5 Å². The van der Waals surface area contributed by atoms with Crippen molar-refractivity contribution in [2.24, 2.45) is 11.8 Å². The van der Waals surface area contributed by atoms with Gasteiger partial charge in [0, 0.05) is 18.5 Å². The third-order valence-corrected chi connectivity index (χ3v) is 4.16. The number of rotatable bonds is 4. The van der Waals surface area contributed by atoms with E-state index in [4.69, 9.17) is 4.74 Å². The van der Waals surface area contributed by atoms with Crippen molar-refractivity contribution in [3.05, 3.63) is 22.4 Å². The van der Waals surface area contributed by atoms with Gasteiger partial charge in [-0.25, -0.2) is 0 Å². The van der Waals surface area contributed by atoms with Crippen LogP contribution in [0.15, 0.2) is 12.3 Å². The Labute approximate surface area is 135 Å². The van der Waals surface area contributed by atoms with E-state index in [0.29, 0.717) is 6.54 Å². The predicted molar refractivity (Wildman–Crippen MR) is 83.8 cm³/mol. The van der Waals surface area contributed by atoms with Gasteiger partial charge in [-0.3, -0.25) is 4.79 Å². The molecule has 0 radical (unpaired) electrons. The van der Waals surface area contributed by atoms with Crippen molar-refractivity contribution in [3.8, 4) is 0 Å².